The molecule has 2 rings (SSSR count). The molecule has 0 aliphatic carbocycles. The van der Waals surface area contributed by atoms with Gasteiger partial charge in [0.05, 0.1) is 5.92 Å². The summed E-state index contributed by atoms with van der Waals surface area (Å²) in [5, 5.41) is 11.8. The molecule has 1 aliphatic rings. The molecule has 2 N–H and O–H groups in total. The Bertz CT molecular complexity index is 707. The number of carboxylic acid groups (broad SMARTS) is 1. The molecule has 0 bridgehead atoms. The maximum Gasteiger partial charge on any atom is 0.303 e. The molecule has 0 saturated carbocycles. The minimum atomic E-state index is -0.875. The zero-order valence-electron chi connectivity index (χ0n) is 16.7. The molecule has 1 aromatic rings. The molecule has 27 heavy (non-hydrogen) atoms. The summed E-state index contributed by atoms with van der Waals surface area (Å²) in [6, 6.07) is 5.80. The first-order chi connectivity index (χ1) is 12.6. The van der Waals surface area contributed by atoms with Crippen molar-refractivity contribution in [2.75, 3.05) is 13.1 Å². The molecule has 1 fully saturated rings. The minimum Gasteiger partial charge on any atom is -0.481 e. The topological polar surface area (TPSA) is 86.7 Å². The Morgan fingerprint density at radius 2 is 1.81 bits per heavy atom. The lowest BCUT2D eigenvalue weighted by Crippen LogP contribution is -2.51. The van der Waals surface area contributed by atoms with Crippen molar-refractivity contribution < 1.29 is 19.5 Å². The van der Waals surface area contributed by atoms with Crippen LogP contribution in [0.25, 0.3) is 0 Å². The molecular weight excluding hydrogens is 344 g/mol. The van der Waals surface area contributed by atoms with Crippen LogP contribution in [0.1, 0.15) is 61.0 Å². The molecule has 0 aromatic heterocycles. The molecule has 0 spiro atoms. The smallest absolute Gasteiger partial charge is 0.303 e. The van der Waals surface area contributed by atoms with Crippen molar-refractivity contribution in [2.24, 2.45) is 5.92 Å². The fourth-order valence-electron chi connectivity index (χ4n) is 3.57. The second-order valence-corrected chi connectivity index (χ2v) is 8.23. The first kappa shape index (κ1) is 20.9. The van der Waals surface area contributed by atoms with Gasteiger partial charge in [-0.1, -0.05) is 17.2 Å². The van der Waals surface area contributed by atoms with Crippen LogP contribution in [0.3, 0.4) is 0 Å². The molecular formula is C21H30N2O4. The van der Waals surface area contributed by atoms with Gasteiger partial charge in [-0.05, 0) is 59.1 Å². The summed E-state index contributed by atoms with van der Waals surface area (Å²) in [5.41, 5.74) is 2.17. The average Bonchev–Trinajstić information content (AvgIpc) is 2.58. The van der Waals surface area contributed by atoms with Gasteiger partial charge in [-0.25, -0.2) is 0 Å². The second kappa shape index (κ2) is 8.55. The average molecular weight is 374 g/mol. The Labute approximate surface area is 160 Å². The molecule has 6 nitrogen and oxygen atoms in total. The van der Waals surface area contributed by atoms with E-state index in [4.69, 9.17) is 5.11 Å². The van der Waals surface area contributed by atoms with Crippen LogP contribution in [-0.2, 0) is 9.59 Å². The number of carbonyl (C=O) groups is 3. The third-order valence-electron chi connectivity index (χ3n) is 4.97. The van der Waals surface area contributed by atoms with Gasteiger partial charge in [0.2, 0.25) is 5.91 Å². The number of aryl methyl sites for hydroxylation is 2. The zero-order chi connectivity index (χ0) is 20.2. The van der Waals surface area contributed by atoms with Crippen LogP contribution in [0.15, 0.2) is 18.2 Å². The normalized spacial score (nSPS) is 17.5. The molecule has 148 valence electrons. The fourth-order valence-corrected chi connectivity index (χ4v) is 3.57. The Hall–Kier alpha value is -2.37. The van der Waals surface area contributed by atoms with E-state index in [9.17, 15) is 14.4 Å². The molecule has 1 atom stereocenters. The number of carbonyl (C=O) groups excluding carboxylic acids is 2. The number of hydrogen-bond donors (Lipinski definition) is 2. The third kappa shape index (κ3) is 6.08. The van der Waals surface area contributed by atoms with Crippen LogP contribution in [-0.4, -0.2) is 46.4 Å². The van der Waals surface area contributed by atoms with Gasteiger partial charge in [-0.15, -0.1) is 0 Å². The lowest BCUT2D eigenvalue weighted by atomic mass is 9.93. The Kier molecular flexibility index (Phi) is 6.63. The second-order valence-electron chi connectivity index (χ2n) is 8.23. The summed E-state index contributed by atoms with van der Waals surface area (Å²) in [7, 11) is 0. The Balaban J connectivity index is 2.01. The first-order valence-electron chi connectivity index (χ1n) is 9.49. The van der Waals surface area contributed by atoms with E-state index in [1.807, 2.05) is 45.9 Å². The van der Waals surface area contributed by atoms with E-state index >= 15 is 0 Å². The number of amides is 2. The van der Waals surface area contributed by atoms with Crippen molar-refractivity contribution in [1.29, 1.82) is 0 Å². The van der Waals surface area contributed by atoms with Crippen molar-refractivity contribution in [1.82, 2.24) is 10.2 Å². The quantitative estimate of drug-likeness (QED) is 0.801. The predicted octanol–water partition coefficient (Wildman–Crippen LogP) is 2.92. The van der Waals surface area contributed by atoms with Crippen LogP contribution >= 0.6 is 0 Å². The predicted molar refractivity (Wildman–Crippen MR) is 104 cm³/mol. The highest BCUT2D eigenvalue weighted by Gasteiger charge is 2.31. The van der Waals surface area contributed by atoms with Crippen molar-refractivity contribution in [3.05, 3.63) is 34.9 Å². The fraction of sp³-hybridized carbons (Fsp3) is 0.571. The number of nitrogens with zero attached hydrogens (tertiary/aromatic N) is 1. The molecule has 1 unspecified atom stereocenters. The molecule has 0 radical (unpaired) electrons. The highest BCUT2D eigenvalue weighted by molar-refractivity contribution is 5.95. The van der Waals surface area contributed by atoms with Crippen LogP contribution in [0, 0.1) is 19.8 Å². The Morgan fingerprint density at radius 1 is 1.19 bits per heavy atom. The van der Waals surface area contributed by atoms with Crippen LogP contribution < -0.4 is 5.32 Å². The summed E-state index contributed by atoms with van der Waals surface area (Å²) in [5.74, 6) is -1.29. The number of nitrogens with one attached hydrogen (secondary N) is 1. The summed E-state index contributed by atoms with van der Waals surface area (Å²) >= 11 is 0. The van der Waals surface area contributed by atoms with Crippen LogP contribution in [0.4, 0.5) is 0 Å². The van der Waals surface area contributed by atoms with E-state index in [0.29, 0.717) is 25.1 Å². The van der Waals surface area contributed by atoms with E-state index in [-0.39, 0.29) is 24.2 Å². The van der Waals surface area contributed by atoms with E-state index < -0.39 is 11.5 Å². The maximum absolute atomic E-state index is 12.9. The highest BCUT2D eigenvalue weighted by atomic mass is 16.4. The van der Waals surface area contributed by atoms with Crippen molar-refractivity contribution in [2.45, 2.75) is 58.9 Å². The van der Waals surface area contributed by atoms with Gasteiger partial charge in [-0.3, -0.25) is 14.4 Å². The largest absolute Gasteiger partial charge is 0.481 e. The van der Waals surface area contributed by atoms with Gasteiger partial charge < -0.3 is 15.3 Å². The van der Waals surface area contributed by atoms with E-state index in [1.54, 1.807) is 4.90 Å². The number of likely N-dealkylation sites (tertiary alicyclic amines) is 1. The van der Waals surface area contributed by atoms with Gasteiger partial charge >= 0.3 is 5.97 Å². The lowest BCUT2D eigenvalue weighted by molar-refractivity contribution is -0.138. The number of carboxylic acids is 1. The molecule has 6 heteroatoms. The molecule has 1 heterocycles. The van der Waals surface area contributed by atoms with Crippen LogP contribution in [0.5, 0.6) is 0 Å². The minimum absolute atomic E-state index is 0.00919. The van der Waals surface area contributed by atoms with E-state index in [1.165, 1.54) is 0 Å². The molecule has 2 amide bonds. The van der Waals surface area contributed by atoms with Gasteiger partial charge in [0.1, 0.15) is 0 Å². The van der Waals surface area contributed by atoms with Gasteiger partial charge in [-0.2, -0.15) is 0 Å². The monoisotopic (exact) mass is 374 g/mol. The summed E-state index contributed by atoms with van der Waals surface area (Å²) in [6.07, 6.45) is 1.89. The number of hydrogen-bond acceptors (Lipinski definition) is 3. The van der Waals surface area contributed by atoms with Gasteiger partial charge in [0.25, 0.3) is 5.91 Å². The summed E-state index contributed by atoms with van der Waals surface area (Å²) in [4.78, 5) is 38.1. The highest BCUT2D eigenvalue weighted by Crippen LogP contribution is 2.21. The van der Waals surface area contributed by atoms with Crippen LogP contribution in [0.2, 0.25) is 0 Å². The van der Waals surface area contributed by atoms with Gasteiger partial charge in [0.15, 0.2) is 0 Å². The van der Waals surface area contributed by atoms with E-state index in [0.717, 1.165) is 24.0 Å². The maximum atomic E-state index is 12.9. The number of rotatable bonds is 6. The van der Waals surface area contributed by atoms with Crippen molar-refractivity contribution in [3.8, 4) is 0 Å². The summed E-state index contributed by atoms with van der Waals surface area (Å²) < 4.78 is 0. The van der Waals surface area contributed by atoms with E-state index in [2.05, 4.69) is 5.32 Å². The SMILES string of the molecule is Cc1cc(C)cc(C(=O)N2CCCC(C(=O)NC(C)(C)CCC(=O)O)C2)c1. The molecule has 1 saturated heterocycles. The summed E-state index contributed by atoms with van der Waals surface area (Å²) in [6.45, 7) is 8.64. The standard InChI is InChI=1S/C21H30N2O4/c1-14-10-15(2)12-17(11-14)20(27)23-9-5-6-16(13-23)19(26)22-21(3,4)8-7-18(24)25/h10-12,16H,5-9,13H2,1-4H3,(H,22,26)(H,24,25). The lowest BCUT2D eigenvalue weighted by Gasteiger charge is -2.34. The molecule has 1 aromatic carbocycles. The van der Waals surface area contributed by atoms with Crippen molar-refractivity contribution in [3.63, 3.8) is 0 Å². The number of benzene rings is 1. The van der Waals surface area contributed by atoms with Crippen molar-refractivity contribution >= 4 is 17.8 Å². The molecule has 1 aliphatic heterocycles. The number of piperidine rings is 1. The zero-order valence-corrected chi connectivity index (χ0v) is 16.7. The first-order valence-corrected chi connectivity index (χ1v) is 9.49. The Morgan fingerprint density at radius 3 is 2.41 bits per heavy atom. The number of aliphatic carboxylic acids is 1. The van der Waals surface area contributed by atoms with Gasteiger partial charge in [0, 0.05) is 30.6 Å². The third-order valence-corrected chi connectivity index (χ3v) is 4.97.